The molecule has 0 bridgehead atoms. The van der Waals surface area contributed by atoms with Gasteiger partial charge in [0.05, 0.1) is 12.7 Å². The lowest BCUT2D eigenvalue weighted by Crippen LogP contribution is -2.64. The Morgan fingerprint density at radius 2 is 1.15 bits per heavy atom. The van der Waals surface area contributed by atoms with Crippen LogP contribution in [0, 0.1) is 0 Å². The minimum absolute atomic E-state index is 0.00744. The Balaban J connectivity index is 2.57. The van der Waals surface area contributed by atoms with Gasteiger partial charge in [-0.05, 0) is 70.6 Å². The molecule has 0 aromatic heterocycles. The Kier molecular flexibility index (Phi) is 31.7. The highest BCUT2D eigenvalue weighted by atomic mass is 31.2. The minimum atomic E-state index is -5.15. The smallest absolute Gasteiger partial charge is 0.462 e. The molecule has 0 radical (unpaired) electrons. The number of ether oxygens (including phenoxy) is 2. The van der Waals surface area contributed by atoms with Crippen molar-refractivity contribution < 1.29 is 68.2 Å². The zero-order chi connectivity index (χ0) is 44.4. The van der Waals surface area contributed by atoms with Crippen molar-refractivity contribution in [3.8, 4) is 0 Å². The van der Waals surface area contributed by atoms with E-state index in [2.05, 4.69) is 31.2 Å². The molecule has 0 aromatic rings. The van der Waals surface area contributed by atoms with E-state index in [1.54, 1.807) is 6.08 Å². The molecule has 9 atom stereocenters. The number of esters is 2. The number of phosphoric ester groups is 1. The molecule has 0 spiro atoms. The molecular formula is C45H73O14P. The highest BCUT2D eigenvalue weighted by molar-refractivity contribution is 7.47. The quantitative estimate of drug-likeness (QED) is 0.0120. The molecule has 0 aliphatic heterocycles. The maximum absolute atomic E-state index is 12.8. The third-order valence-electron chi connectivity index (χ3n) is 9.28. The standard InChI is InChI=1S/C45H73O14P/c1-3-5-7-8-9-10-11-12-16-19-22-25-28-32-38(47)56-34-37(35-57-60(54,55)59-45-43(52)41(50)40(49)42(51)44(45)53)58-39(48)33-29-26-23-20-17-14-13-15-18-21-24-27-31-36(46)30-6-4-2/h6-8,10-11,13-14,18,20-21,23-24,27,30,36-37,40-46,49-53H,3-5,9,12,15-17,19,22,25-26,28-29,31-35H2,1-2H3,(H,54,55)/b8-7-,11-10-,14-13-,21-18-,23-20-,27-24+,30-6-/t36?,37-,40?,41-,42+,43-,44-,45?/m1/s1. The fourth-order valence-electron chi connectivity index (χ4n) is 5.79. The molecule has 342 valence electrons. The lowest BCUT2D eigenvalue weighted by molar-refractivity contribution is -0.220. The Labute approximate surface area is 357 Å². The van der Waals surface area contributed by atoms with Gasteiger partial charge in [-0.1, -0.05) is 125 Å². The fourth-order valence-corrected chi connectivity index (χ4v) is 6.76. The first kappa shape index (κ1) is 55.0. The number of phosphoric acid groups is 1. The number of rotatable bonds is 33. The summed E-state index contributed by atoms with van der Waals surface area (Å²) in [6.07, 6.45) is 27.0. The fraction of sp³-hybridized carbons (Fsp3) is 0.644. The Bertz CT molecular complexity index is 1390. The predicted octanol–water partition coefficient (Wildman–Crippen LogP) is 6.69. The lowest BCUT2D eigenvalue weighted by Gasteiger charge is -2.41. The first-order chi connectivity index (χ1) is 28.8. The number of aliphatic hydroxyl groups is 6. The maximum Gasteiger partial charge on any atom is 0.472 e. The van der Waals surface area contributed by atoms with E-state index in [9.17, 15) is 49.7 Å². The van der Waals surface area contributed by atoms with Crippen molar-refractivity contribution in [3.63, 3.8) is 0 Å². The van der Waals surface area contributed by atoms with Gasteiger partial charge < -0.3 is 45.0 Å². The van der Waals surface area contributed by atoms with Crippen LogP contribution in [0.3, 0.4) is 0 Å². The van der Waals surface area contributed by atoms with Crippen LogP contribution in [-0.2, 0) is 32.7 Å². The van der Waals surface area contributed by atoms with Gasteiger partial charge in [-0.25, -0.2) is 4.57 Å². The average molecular weight is 869 g/mol. The van der Waals surface area contributed by atoms with Gasteiger partial charge in [-0.2, -0.15) is 0 Å². The molecule has 0 saturated heterocycles. The van der Waals surface area contributed by atoms with Crippen molar-refractivity contribution in [1.82, 2.24) is 0 Å². The van der Waals surface area contributed by atoms with Crippen LogP contribution in [0.4, 0.5) is 0 Å². The number of carbonyl (C=O) groups excluding carboxylic acids is 2. The zero-order valence-corrected chi connectivity index (χ0v) is 36.5. The highest BCUT2D eigenvalue weighted by Crippen LogP contribution is 2.47. The van der Waals surface area contributed by atoms with Crippen molar-refractivity contribution in [2.75, 3.05) is 13.2 Å². The molecule has 60 heavy (non-hydrogen) atoms. The van der Waals surface area contributed by atoms with Crippen LogP contribution >= 0.6 is 7.82 Å². The molecule has 1 aliphatic rings. The van der Waals surface area contributed by atoms with Crippen LogP contribution in [0.2, 0.25) is 0 Å². The van der Waals surface area contributed by atoms with Crippen LogP contribution in [0.25, 0.3) is 0 Å². The van der Waals surface area contributed by atoms with Gasteiger partial charge in [-0.3, -0.25) is 18.6 Å². The lowest BCUT2D eigenvalue weighted by atomic mass is 9.85. The third kappa shape index (κ3) is 27.0. The molecule has 1 fully saturated rings. The molecule has 1 saturated carbocycles. The van der Waals surface area contributed by atoms with Crippen LogP contribution in [0.5, 0.6) is 0 Å². The number of hydrogen-bond acceptors (Lipinski definition) is 13. The predicted molar refractivity (Wildman–Crippen MR) is 231 cm³/mol. The average Bonchev–Trinajstić information content (AvgIpc) is 3.22. The normalized spacial score (nSPS) is 23.6. The third-order valence-corrected chi connectivity index (χ3v) is 10.3. The highest BCUT2D eigenvalue weighted by Gasteiger charge is 2.51. The summed E-state index contributed by atoms with van der Waals surface area (Å²) in [6.45, 7) is 2.90. The van der Waals surface area contributed by atoms with Gasteiger partial charge in [0.1, 0.15) is 43.2 Å². The minimum Gasteiger partial charge on any atom is -0.462 e. The first-order valence-corrected chi connectivity index (χ1v) is 23.0. The number of carbonyl (C=O) groups is 2. The van der Waals surface area contributed by atoms with E-state index in [1.807, 2.05) is 61.6 Å². The van der Waals surface area contributed by atoms with Crippen molar-refractivity contribution in [3.05, 3.63) is 85.1 Å². The summed E-state index contributed by atoms with van der Waals surface area (Å²) in [5.74, 6) is -1.22. The number of aliphatic hydroxyl groups excluding tert-OH is 6. The van der Waals surface area contributed by atoms with Crippen LogP contribution in [0.1, 0.15) is 123 Å². The van der Waals surface area contributed by atoms with E-state index in [1.165, 1.54) is 0 Å². The molecule has 15 heteroatoms. The summed E-state index contributed by atoms with van der Waals surface area (Å²) < 4.78 is 33.3. The summed E-state index contributed by atoms with van der Waals surface area (Å²) in [6, 6.07) is 0. The summed E-state index contributed by atoms with van der Waals surface area (Å²) in [5, 5.41) is 59.8. The van der Waals surface area contributed by atoms with Gasteiger partial charge >= 0.3 is 19.8 Å². The summed E-state index contributed by atoms with van der Waals surface area (Å²) in [4.78, 5) is 35.6. The summed E-state index contributed by atoms with van der Waals surface area (Å²) in [7, 11) is -5.15. The summed E-state index contributed by atoms with van der Waals surface area (Å²) >= 11 is 0. The van der Waals surface area contributed by atoms with E-state index in [0.717, 1.165) is 64.2 Å². The second-order valence-electron chi connectivity index (χ2n) is 14.7. The van der Waals surface area contributed by atoms with Crippen LogP contribution in [-0.4, -0.2) is 110 Å². The van der Waals surface area contributed by atoms with Crippen LogP contribution in [0.15, 0.2) is 85.1 Å². The van der Waals surface area contributed by atoms with Gasteiger partial charge in [0.15, 0.2) is 6.10 Å². The first-order valence-electron chi connectivity index (χ1n) is 21.5. The zero-order valence-electron chi connectivity index (χ0n) is 35.6. The molecule has 7 N–H and O–H groups in total. The molecular weight excluding hydrogens is 795 g/mol. The second kappa shape index (κ2) is 34.6. The topological polar surface area (TPSA) is 230 Å². The molecule has 0 aromatic carbocycles. The Morgan fingerprint density at radius 3 is 1.80 bits per heavy atom. The Morgan fingerprint density at radius 1 is 0.617 bits per heavy atom. The van der Waals surface area contributed by atoms with E-state index in [-0.39, 0.29) is 12.8 Å². The number of allylic oxidation sites excluding steroid dienone is 12. The van der Waals surface area contributed by atoms with Crippen molar-refractivity contribution in [2.45, 2.75) is 172 Å². The van der Waals surface area contributed by atoms with E-state index in [4.69, 9.17) is 18.5 Å². The van der Waals surface area contributed by atoms with Crippen molar-refractivity contribution in [2.24, 2.45) is 0 Å². The molecule has 1 aliphatic carbocycles. The molecule has 0 heterocycles. The van der Waals surface area contributed by atoms with E-state index < -0.39 is 81.8 Å². The number of hydrogen-bond donors (Lipinski definition) is 7. The number of unbranched alkanes of at least 4 members (excludes halogenated alkanes) is 7. The molecule has 1 rings (SSSR count). The van der Waals surface area contributed by atoms with Gasteiger partial charge in [0.2, 0.25) is 0 Å². The van der Waals surface area contributed by atoms with E-state index >= 15 is 0 Å². The maximum atomic E-state index is 12.8. The molecule has 14 nitrogen and oxygen atoms in total. The van der Waals surface area contributed by atoms with Gasteiger partial charge in [0, 0.05) is 12.8 Å². The molecule has 0 amide bonds. The second-order valence-corrected chi connectivity index (χ2v) is 16.1. The van der Waals surface area contributed by atoms with Crippen molar-refractivity contribution >= 4 is 19.8 Å². The SMILES string of the molecule is CC/C=C\C(O)C/C=C/C=C\C/C=C\C/C=C\CCCC(=O)O[C@H](COC(=O)CCCCCCC/C=C\C/C=C\CCC)COP(=O)(O)OC1[C@H](O)[C@H](O)C(O)[C@H](O)[C@H]1O. The van der Waals surface area contributed by atoms with Crippen LogP contribution < -0.4 is 0 Å². The monoisotopic (exact) mass is 868 g/mol. The van der Waals surface area contributed by atoms with Gasteiger partial charge in [0.25, 0.3) is 0 Å². The Hall–Kier alpha value is -3.01. The van der Waals surface area contributed by atoms with E-state index in [0.29, 0.717) is 32.1 Å². The summed E-state index contributed by atoms with van der Waals surface area (Å²) in [5.41, 5.74) is 0. The molecule has 4 unspecified atom stereocenters. The largest absolute Gasteiger partial charge is 0.472 e. The van der Waals surface area contributed by atoms with Gasteiger partial charge in [-0.15, -0.1) is 0 Å². The van der Waals surface area contributed by atoms with Crippen molar-refractivity contribution in [1.29, 1.82) is 0 Å².